The van der Waals surface area contributed by atoms with Crippen LogP contribution in [0.4, 0.5) is 0 Å². The van der Waals surface area contributed by atoms with E-state index in [0.717, 1.165) is 51.9 Å². The highest BCUT2D eigenvalue weighted by molar-refractivity contribution is 7.90. The third-order valence-corrected chi connectivity index (χ3v) is 6.08. The van der Waals surface area contributed by atoms with Crippen LogP contribution in [0, 0.1) is 5.92 Å². The molecule has 0 bridgehead atoms. The number of carbonyl (C=O) groups is 1. The summed E-state index contributed by atoms with van der Waals surface area (Å²) in [4.78, 5) is 14.6. The molecule has 1 aromatic rings. The van der Waals surface area contributed by atoms with Gasteiger partial charge in [-0.15, -0.1) is 0 Å². The van der Waals surface area contributed by atoms with Crippen LogP contribution in [0.5, 0.6) is 5.75 Å². The molecule has 0 saturated carbocycles. The van der Waals surface area contributed by atoms with Crippen molar-refractivity contribution in [3.63, 3.8) is 0 Å². The minimum Gasteiger partial charge on any atom is -0.494 e. The fourth-order valence-electron chi connectivity index (χ4n) is 3.24. The Morgan fingerprint density at radius 2 is 1.85 bits per heavy atom. The average molecular weight is 397 g/mol. The largest absolute Gasteiger partial charge is 0.494 e. The quantitative estimate of drug-likeness (QED) is 0.615. The third-order valence-electron chi connectivity index (χ3n) is 4.96. The average Bonchev–Trinajstić information content (AvgIpc) is 2.66. The lowest BCUT2D eigenvalue weighted by Gasteiger charge is -2.32. The van der Waals surface area contributed by atoms with Crippen LogP contribution in [-0.2, 0) is 14.6 Å². The van der Waals surface area contributed by atoms with Gasteiger partial charge in [-0.1, -0.05) is 6.92 Å². The lowest BCUT2D eigenvalue weighted by atomic mass is 9.96. The molecular formula is C20H32N2O4S. The van der Waals surface area contributed by atoms with Crippen molar-refractivity contribution in [1.82, 2.24) is 10.2 Å². The molecule has 152 valence electrons. The van der Waals surface area contributed by atoms with Crippen molar-refractivity contribution in [2.45, 2.75) is 43.9 Å². The van der Waals surface area contributed by atoms with Gasteiger partial charge in [-0.2, -0.15) is 0 Å². The smallest absolute Gasteiger partial charge is 0.222 e. The first kappa shape index (κ1) is 21.7. The van der Waals surface area contributed by atoms with E-state index in [1.54, 1.807) is 24.3 Å². The molecule has 0 unspecified atom stereocenters. The number of sulfone groups is 1. The summed E-state index contributed by atoms with van der Waals surface area (Å²) in [5.74, 6) is 1.59. The first-order valence-electron chi connectivity index (χ1n) is 9.81. The number of rotatable bonds is 10. The Hall–Kier alpha value is -1.60. The van der Waals surface area contributed by atoms with Gasteiger partial charge in [0.2, 0.25) is 5.91 Å². The van der Waals surface area contributed by atoms with Gasteiger partial charge in [-0.3, -0.25) is 4.79 Å². The van der Waals surface area contributed by atoms with E-state index in [1.807, 2.05) is 4.90 Å². The van der Waals surface area contributed by atoms with E-state index in [1.165, 1.54) is 6.26 Å². The minimum atomic E-state index is -3.18. The van der Waals surface area contributed by atoms with Crippen molar-refractivity contribution in [3.8, 4) is 5.75 Å². The SMILES string of the molecule is CCNCC1CCN(C(=O)CCCCOc2ccc(S(C)(=O)=O)cc2)CC1. The summed E-state index contributed by atoms with van der Waals surface area (Å²) in [6.45, 7) is 6.45. The van der Waals surface area contributed by atoms with Crippen molar-refractivity contribution in [3.05, 3.63) is 24.3 Å². The molecule has 1 aromatic carbocycles. The monoisotopic (exact) mass is 396 g/mol. The Bertz CT molecular complexity index is 680. The zero-order valence-electron chi connectivity index (χ0n) is 16.4. The number of amides is 1. The van der Waals surface area contributed by atoms with Crippen LogP contribution in [0.15, 0.2) is 29.2 Å². The van der Waals surface area contributed by atoms with Gasteiger partial charge in [0.25, 0.3) is 0 Å². The molecule has 0 spiro atoms. The van der Waals surface area contributed by atoms with E-state index in [4.69, 9.17) is 4.74 Å². The second-order valence-electron chi connectivity index (χ2n) is 7.18. The lowest BCUT2D eigenvalue weighted by Crippen LogP contribution is -2.40. The normalized spacial score (nSPS) is 15.7. The summed E-state index contributed by atoms with van der Waals surface area (Å²) in [5, 5.41) is 3.39. The van der Waals surface area contributed by atoms with E-state index in [0.29, 0.717) is 24.7 Å². The number of likely N-dealkylation sites (tertiary alicyclic amines) is 1. The van der Waals surface area contributed by atoms with Crippen molar-refractivity contribution in [2.75, 3.05) is 39.0 Å². The first-order valence-corrected chi connectivity index (χ1v) is 11.7. The Kier molecular flexibility index (Phi) is 8.57. The molecule has 27 heavy (non-hydrogen) atoms. The fourth-order valence-corrected chi connectivity index (χ4v) is 3.87. The van der Waals surface area contributed by atoms with E-state index >= 15 is 0 Å². The van der Waals surface area contributed by atoms with E-state index in [-0.39, 0.29) is 10.8 Å². The standard InChI is InChI=1S/C20H32N2O4S/c1-3-21-16-17-11-13-22(14-12-17)20(23)6-4-5-15-26-18-7-9-19(10-8-18)27(2,24)25/h7-10,17,21H,3-6,11-16H2,1-2H3. The van der Waals surface area contributed by atoms with Gasteiger partial charge in [-0.05, 0) is 69.0 Å². The molecule has 2 rings (SSSR count). The van der Waals surface area contributed by atoms with Crippen LogP contribution >= 0.6 is 0 Å². The summed E-state index contributed by atoms with van der Waals surface area (Å²) in [6.07, 6.45) is 5.53. The molecule has 0 atom stereocenters. The zero-order chi connectivity index (χ0) is 19.7. The molecule has 7 heteroatoms. The Morgan fingerprint density at radius 3 is 2.44 bits per heavy atom. The maximum absolute atomic E-state index is 12.3. The molecule has 1 amide bonds. The second-order valence-corrected chi connectivity index (χ2v) is 9.20. The number of hydrogen-bond acceptors (Lipinski definition) is 5. The molecule has 1 N–H and O–H groups in total. The maximum atomic E-state index is 12.3. The lowest BCUT2D eigenvalue weighted by molar-refractivity contribution is -0.132. The number of ether oxygens (including phenoxy) is 1. The highest BCUT2D eigenvalue weighted by atomic mass is 32.2. The Balaban J connectivity index is 1.59. The van der Waals surface area contributed by atoms with E-state index < -0.39 is 9.84 Å². The predicted molar refractivity (Wildman–Crippen MR) is 107 cm³/mol. The third kappa shape index (κ3) is 7.50. The van der Waals surface area contributed by atoms with Gasteiger partial charge in [0.05, 0.1) is 11.5 Å². The molecule has 0 aliphatic carbocycles. The molecule has 0 aromatic heterocycles. The number of hydrogen-bond donors (Lipinski definition) is 1. The van der Waals surface area contributed by atoms with Gasteiger partial charge in [0.1, 0.15) is 5.75 Å². The van der Waals surface area contributed by atoms with Crippen LogP contribution < -0.4 is 10.1 Å². The summed E-state index contributed by atoms with van der Waals surface area (Å²) in [6, 6.07) is 6.43. The number of unbranched alkanes of at least 4 members (excludes halogenated alkanes) is 1. The van der Waals surface area contributed by atoms with Crippen molar-refractivity contribution in [2.24, 2.45) is 5.92 Å². The van der Waals surface area contributed by atoms with Crippen LogP contribution in [-0.4, -0.2) is 58.3 Å². The number of carbonyl (C=O) groups excluding carboxylic acids is 1. The van der Waals surface area contributed by atoms with Crippen LogP contribution in [0.25, 0.3) is 0 Å². The van der Waals surface area contributed by atoms with Gasteiger partial charge < -0.3 is 15.0 Å². The molecule has 1 heterocycles. The zero-order valence-corrected chi connectivity index (χ0v) is 17.3. The van der Waals surface area contributed by atoms with Crippen LogP contribution in [0.3, 0.4) is 0 Å². The van der Waals surface area contributed by atoms with Gasteiger partial charge in [0, 0.05) is 25.8 Å². The molecule has 6 nitrogen and oxygen atoms in total. The molecule has 1 aliphatic rings. The molecular weight excluding hydrogens is 364 g/mol. The van der Waals surface area contributed by atoms with Gasteiger partial charge in [0.15, 0.2) is 9.84 Å². The summed E-state index contributed by atoms with van der Waals surface area (Å²) >= 11 is 0. The van der Waals surface area contributed by atoms with Crippen molar-refractivity contribution in [1.29, 1.82) is 0 Å². The van der Waals surface area contributed by atoms with Crippen molar-refractivity contribution < 1.29 is 17.9 Å². The number of benzene rings is 1. The van der Waals surface area contributed by atoms with Gasteiger partial charge >= 0.3 is 0 Å². The number of nitrogens with one attached hydrogen (secondary N) is 1. The van der Waals surface area contributed by atoms with Crippen LogP contribution in [0.1, 0.15) is 39.0 Å². The number of piperidine rings is 1. The highest BCUT2D eigenvalue weighted by Crippen LogP contribution is 2.18. The summed E-state index contributed by atoms with van der Waals surface area (Å²) in [7, 11) is -3.18. The summed E-state index contributed by atoms with van der Waals surface area (Å²) in [5.41, 5.74) is 0. The maximum Gasteiger partial charge on any atom is 0.222 e. The van der Waals surface area contributed by atoms with E-state index in [9.17, 15) is 13.2 Å². The molecule has 1 saturated heterocycles. The molecule has 1 aliphatic heterocycles. The molecule has 0 radical (unpaired) electrons. The Morgan fingerprint density at radius 1 is 1.19 bits per heavy atom. The molecule has 1 fully saturated rings. The van der Waals surface area contributed by atoms with Crippen molar-refractivity contribution >= 4 is 15.7 Å². The van der Waals surface area contributed by atoms with E-state index in [2.05, 4.69) is 12.2 Å². The topological polar surface area (TPSA) is 75.7 Å². The fraction of sp³-hybridized carbons (Fsp3) is 0.650. The van der Waals surface area contributed by atoms with Crippen LogP contribution in [0.2, 0.25) is 0 Å². The minimum absolute atomic E-state index is 0.245. The second kappa shape index (κ2) is 10.7. The number of nitrogens with zero attached hydrogens (tertiary/aromatic N) is 1. The van der Waals surface area contributed by atoms with Gasteiger partial charge in [-0.25, -0.2) is 8.42 Å². The highest BCUT2D eigenvalue weighted by Gasteiger charge is 2.21. The summed E-state index contributed by atoms with van der Waals surface area (Å²) < 4.78 is 28.5. The first-order chi connectivity index (χ1) is 12.9. The predicted octanol–water partition coefficient (Wildman–Crippen LogP) is 2.49. The Labute approximate surface area is 163 Å².